The van der Waals surface area contributed by atoms with Crippen LogP contribution in [0.1, 0.15) is 5.56 Å². The van der Waals surface area contributed by atoms with Gasteiger partial charge < -0.3 is 5.11 Å². The first-order chi connectivity index (χ1) is 5.83. The third kappa shape index (κ3) is 3.07. The van der Waals surface area contributed by atoms with Crippen molar-refractivity contribution in [3.8, 4) is 0 Å². The summed E-state index contributed by atoms with van der Waals surface area (Å²) in [5.74, 6) is 0. The van der Waals surface area contributed by atoms with E-state index >= 15 is 0 Å². The highest BCUT2D eigenvalue weighted by Crippen LogP contribution is 2.09. The van der Waals surface area contributed by atoms with Crippen LogP contribution in [0, 0.1) is 0 Å². The molecular formula is C10H11ClO. The van der Waals surface area contributed by atoms with E-state index in [1.807, 2.05) is 30.3 Å². The SMILES string of the molecule is OCC=CCc1ccc(Cl)cc1. The highest BCUT2D eigenvalue weighted by molar-refractivity contribution is 6.30. The first kappa shape index (κ1) is 9.30. The topological polar surface area (TPSA) is 20.2 Å². The van der Waals surface area contributed by atoms with E-state index in [4.69, 9.17) is 16.7 Å². The smallest absolute Gasteiger partial charge is 0.0612 e. The summed E-state index contributed by atoms with van der Waals surface area (Å²) in [6, 6.07) is 7.68. The van der Waals surface area contributed by atoms with Gasteiger partial charge in [0.1, 0.15) is 0 Å². The molecule has 0 heterocycles. The summed E-state index contributed by atoms with van der Waals surface area (Å²) in [4.78, 5) is 0. The predicted octanol–water partition coefficient (Wildman–Crippen LogP) is 2.43. The lowest BCUT2D eigenvalue weighted by atomic mass is 10.1. The second kappa shape index (κ2) is 4.96. The van der Waals surface area contributed by atoms with Gasteiger partial charge in [0.15, 0.2) is 0 Å². The maximum Gasteiger partial charge on any atom is 0.0612 e. The molecule has 0 aliphatic rings. The van der Waals surface area contributed by atoms with Crippen LogP contribution in [0.5, 0.6) is 0 Å². The Bertz CT molecular complexity index is 251. The number of hydrogen-bond acceptors (Lipinski definition) is 1. The molecule has 0 aromatic heterocycles. The van der Waals surface area contributed by atoms with Gasteiger partial charge in [-0.25, -0.2) is 0 Å². The van der Waals surface area contributed by atoms with Crippen molar-refractivity contribution in [2.24, 2.45) is 0 Å². The summed E-state index contributed by atoms with van der Waals surface area (Å²) in [6.07, 6.45) is 4.51. The van der Waals surface area contributed by atoms with Crippen molar-refractivity contribution in [3.63, 3.8) is 0 Å². The van der Waals surface area contributed by atoms with E-state index in [0.29, 0.717) is 0 Å². The van der Waals surface area contributed by atoms with E-state index in [1.165, 1.54) is 5.56 Å². The van der Waals surface area contributed by atoms with Crippen molar-refractivity contribution in [1.82, 2.24) is 0 Å². The number of halogens is 1. The molecule has 0 aliphatic heterocycles. The summed E-state index contributed by atoms with van der Waals surface area (Å²) in [5, 5.41) is 9.23. The van der Waals surface area contributed by atoms with Crippen LogP contribution >= 0.6 is 11.6 Å². The Balaban J connectivity index is 2.53. The normalized spacial score (nSPS) is 10.8. The summed E-state index contributed by atoms with van der Waals surface area (Å²) in [5.41, 5.74) is 1.20. The zero-order valence-corrected chi connectivity index (χ0v) is 7.46. The number of hydrogen-bond donors (Lipinski definition) is 1. The van der Waals surface area contributed by atoms with E-state index in [2.05, 4.69) is 0 Å². The molecule has 0 unspecified atom stereocenters. The lowest BCUT2D eigenvalue weighted by Crippen LogP contribution is -1.80. The molecule has 1 aromatic rings. The van der Waals surface area contributed by atoms with Crippen LogP contribution in [-0.2, 0) is 6.42 Å². The van der Waals surface area contributed by atoms with Crippen LogP contribution in [0.4, 0.5) is 0 Å². The molecule has 1 rings (SSSR count). The van der Waals surface area contributed by atoms with Crippen LogP contribution in [0.15, 0.2) is 36.4 Å². The Kier molecular flexibility index (Phi) is 3.85. The van der Waals surface area contributed by atoms with Crippen LogP contribution in [0.25, 0.3) is 0 Å². The van der Waals surface area contributed by atoms with Gasteiger partial charge in [0, 0.05) is 5.02 Å². The number of aliphatic hydroxyl groups excluding tert-OH is 1. The minimum absolute atomic E-state index is 0.105. The average molecular weight is 183 g/mol. The molecule has 0 aliphatic carbocycles. The van der Waals surface area contributed by atoms with E-state index in [0.717, 1.165) is 11.4 Å². The first-order valence-corrected chi connectivity index (χ1v) is 4.21. The summed E-state index contributed by atoms with van der Waals surface area (Å²) < 4.78 is 0. The van der Waals surface area contributed by atoms with Gasteiger partial charge in [0.05, 0.1) is 6.61 Å². The minimum Gasteiger partial charge on any atom is -0.392 e. The maximum atomic E-state index is 8.48. The Hall–Kier alpha value is -0.790. The summed E-state index contributed by atoms with van der Waals surface area (Å²) in [7, 11) is 0. The van der Waals surface area contributed by atoms with E-state index in [1.54, 1.807) is 6.08 Å². The molecule has 0 spiro atoms. The van der Waals surface area contributed by atoms with Gasteiger partial charge in [-0.15, -0.1) is 0 Å². The highest BCUT2D eigenvalue weighted by Gasteiger charge is 1.88. The fraction of sp³-hybridized carbons (Fsp3) is 0.200. The van der Waals surface area contributed by atoms with Crippen molar-refractivity contribution in [2.75, 3.05) is 6.61 Å². The Morgan fingerprint density at radius 2 is 1.83 bits per heavy atom. The van der Waals surface area contributed by atoms with E-state index in [-0.39, 0.29) is 6.61 Å². The van der Waals surface area contributed by atoms with E-state index < -0.39 is 0 Å². The lowest BCUT2D eigenvalue weighted by Gasteiger charge is -1.95. The molecule has 0 saturated heterocycles. The third-order valence-corrected chi connectivity index (χ3v) is 1.79. The number of aliphatic hydroxyl groups is 1. The van der Waals surface area contributed by atoms with Gasteiger partial charge >= 0.3 is 0 Å². The second-order valence-corrected chi connectivity index (χ2v) is 2.92. The molecule has 0 bridgehead atoms. The van der Waals surface area contributed by atoms with Crippen molar-refractivity contribution < 1.29 is 5.11 Å². The van der Waals surface area contributed by atoms with Crippen molar-refractivity contribution >= 4 is 11.6 Å². The molecule has 2 heteroatoms. The van der Waals surface area contributed by atoms with Gasteiger partial charge in [-0.2, -0.15) is 0 Å². The zero-order valence-electron chi connectivity index (χ0n) is 6.70. The summed E-state index contributed by atoms with van der Waals surface area (Å²) >= 11 is 5.71. The summed E-state index contributed by atoms with van der Waals surface area (Å²) in [6.45, 7) is 0.105. The van der Waals surface area contributed by atoms with Crippen LogP contribution in [-0.4, -0.2) is 11.7 Å². The third-order valence-electron chi connectivity index (χ3n) is 1.54. The number of allylic oxidation sites excluding steroid dienone is 1. The average Bonchev–Trinajstić information content (AvgIpc) is 2.09. The molecule has 0 atom stereocenters. The number of benzene rings is 1. The minimum atomic E-state index is 0.105. The lowest BCUT2D eigenvalue weighted by molar-refractivity contribution is 0.342. The van der Waals surface area contributed by atoms with Crippen LogP contribution in [0.2, 0.25) is 5.02 Å². The molecule has 12 heavy (non-hydrogen) atoms. The Morgan fingerprint density at radius 1 is 1.17 bits per heavy atom. The zero-order chi connectivity index (χ0) is 8.81. The van der Waals surface area contributed by atoms with Crippen molar-refractivity contribution in [2.45, 2.75) is 6.42 Å². The monoisotopic (exact) mass is 182 g/mol. The molecule has 0 radical (unpaired) electrons. The standard InChI is InChI=1S/C10H11ClO/c11-10-6-4-9(5-7-10)3-1-2-8-12/h1-2,4-7,12H,3,8H2. The predicted molar refractivity (Wildman–Crippen MR) is 51.4 cm³/mol. The van der Waals surface area contributed by atoms with Crippen molar-refractivity contribution in [1.29, 1.82) is 0 Å². The molecule has 1 aromatic carbocycles. The largest absolute Gasteiger partial charge is 0.392 e. The first-order valence-electron chi connectivity index (χ1n) is 3.83. The number of rotatable bonds is 3. The van der Waals surface area contributed by atoms with Gasteiger partial charge in [0.2, 0.25) is 0 Å². The molecule has 0 amide bonds. The molecule has 1 N–H and O–H groups in total. The fourth-order valence-corrected chi connectivity index (χ4v) is 1.04. The molecule has 64 valence electrons. The van der Waals surface area contributed by atoms with Crippen molar-refractivity contribution in [3.05, 3.63) is 47.0 Å². The van der Waals surface area contributed by atoms with E-state index in [9.17, 15) is 0 Å². The maximum absolute atomic E-state index is 8.48. The molecule has 0 fully saturated rings. The van der Waals surface area contributed by atoms with Gasteiger partial charge in [-0.1, -0.05) is 35.9 Å². The Labute approximate surface area is 77.3 Å². The quantitative estimate of drug-likeness (QED) is 0.712. The highest BCUT2D eigenvalue weighted by atomic mass is 35.5. The molecule has 1 nitrogen and oxygen atoms in total. The van der Waals surface area contributed by atoms with Gasteiger partial charge in [0.25, 0.3) is 0 Å². The second-order valence-electron chi connectivity index (χ2n) is 2.48. The molecular weight excluding hydrogens is 172 g/mol. The Morgan fingerprint density at radius 3 is 2.42 bits per heavy atom. The van der Waals surface area contributed by atoms with Gasteiger partial charge in [-0.3, -0.25) is 0 Å². The van der Waals surface area contributed by atoms with Crippen LogP contribution in [0.3, 0.4) is 0 Å². The van der Waals surface area contributed by atoms with Crippen LogP contribution < -0.4 is 0 Å². The fourth-order valence-electron chi connectivity index (χ4n) is 0.914. The van der Waals surface area contributed by atoms with Gasteiger partial charge in [-0.05, 0) is 24.1 Å². The molecule has 0 saturated carbocycles.